The van der Waals surface area contributed by atoms with Gasteiger partial charge >= 0.3 is 0 Å². The second-order valence-corrected chi connectivity index (χ2v) is 2.31. The maximum atomic E-state index is 7.57. The summed E-state index contributed by atoms with van der Waals surface area (Å²) in [7, 11) is 0. The van der Waals surface area contributed by atoms with Gasteiger partial charge in [-0.2, -0.15) is 0 Å². The van der Waals surface area contributed by atoms with Gasteiger partial charge in [-0.3, -0.25) is 0 Å². The van der Waals surface area contributed by atoms with Gasteiger partial charge in [-0.1, -0.05) is 0 Å². The van der Waals surface area contributed by atoms with Crippen molar-refractivity contribution in [3.8, 4) is 0 Å². The average molecular weight is 225 g/mol. The van der Waals surface area contributed by atoms with E-state index in [1.54, 1.807) is 20.8 Å². The summed E-state index contributed by atoms with van der Waals surface area (Å²) in [6.45, 7) is 9.62. The van der Waals surface area contributed by atoms with Crippen LogP contribution in [0.1, 0.15) is 20.8 Å². The number of nitrogens with one attached hydrogen (secondary N) is 1. The van der Waals surface area contributed by atoms with E-state index in [0.717, 1.165) is 26.3 Å². The molecule has 4 N–H and O–H groups in total. The first-order valence-corrected chi connectivity index (χ1v) is 5.35. The number of hydrogen-bond acceptors (Lipinski definition) is 5. The van der Waals surface area contributed by atoms with Gasteiger partial charge in [0, 0.05) is 32.9 Å². The molecule has 0 atom stereocenters. The van der Waals surface area contributed by atoms with Gasteiger partial charge < -0.3 is 25.4 Å². The molecule has 1 rings (SSSR count). The molecule has 0 aromatic carbocycles. The van der Waals surface area contributed by atoms with Crippen molar-refractivity contribution in [2.45, 2.75) is 20.8 Å². The minimum absolute atomic E-state index is 0.250. The SMILES string of the molecule is C1COCCN1.CCO.CCO.CCO. The molecule has 15 heavy (non-hydrogen) atoms. The zero-order chi connectivity index (χ0) is 12.4. The number of aliphatic hydroxyl groups is 3. The summed E-state index contributed by atoms with van der Waals surface area (Å²) in [5.74, 6) is 0. The van der Waals surface area contributed by atoms with Gasteiger partial charge in [0.15, 0.2) is 0 Å². The van der Waals surface area contributed by atoms with Gasteiger partial charge in [0.2, 0.25) is 0 Å². The molecule has 0 amide bonds. The van der Waals surface area contributed by atoms with E-state index in [4.69, 9.17) is 20.1 Å². The molecule has 0 spiro atoms. The van der Waals surface area contributed by atoms with E-state index in [1.165, 1.54) is 0 Å². The van der Waals surface area contributed by atoms with Crippen molar-refractivity contribution < 1.29 is 20.1 Å². The van der Waals surface area contributed by atoms with Crippen LogP contribution in [0.15, 0.2) is 0 Å². The lowest BCUT2D eigenvalue weighted by atomic mass is 10.5. The topological polar surface area (TPSA) is 82.0 Å². The van der Waals surface area contributed by atoms with E-state index >= 15 is 0 Å². The van der Waals surface area contributed by atoms with E-state index in [-0.39, 0.29) is 19.8 Å². The Morgan fingerprint density at radius 3 is 1.20 bits per heavy atom. The Morgan fingerprint density at radius 2 is 1.13 bits per heavy atom. The highest BCUT2D eigenvalue weighted by Gasteiger charge is 1.92. The molecule has 96 valence electrons. The van der Waals surface area contributed by atoms with Crippen molar-refractivity contribution in [1.29, 1.82) is 0 Å². The van der Waals surface area contributed by atoms with Gasteiger partial charge in [-0.05, 0) is 20.8 Å². The third kappa shape index (κ3) is 57.1. The fraction of sp³-hybridized carbons (Fsp3) is 1.00. The molecule has 1 saturated heterocycles. The number of aliphatic hydroxyl groups excluding tert-OH is 3. The maximum absolute atomic E-state index is 7.57. The standard InChI is InChI=1S/C4H9NO.3C2H6O/c1-3-6-4-2-5-1;3*1-2-3/h5H,1-4H2;3*3H,2H2,1H3. The number of rotatable bonds is 0. The molecular formula is C10H27NO4. The monoisotopic (exact) mass is 225 g/mol. The molecule has 0 unspecified atom stereocenters. The molecule has 5 nitrogen and oxygen atoms in total. The van der Waals surface area contributed by atoms with Crippen LogP contribution in [0.4, 0.5) is 0 Å². The third-order valence-electron chi connectivity index (χ3n) is 0.846. The fourth-order valence-corrected chi connectivity index (χ4v) is 0.516. The predicted octanol–water partition coefficient (Wildman–Crippen LogP) is -0.398. The quantitative estimate of drug-likeness (QED) is 0.451. The minimum Gasteiger partial charge on any atom is -0.397 e. The zero-order valence-electron chi connectivity index (χ0n) is 10.2. The van der Waals surface area contributed by atoms with Crippen molar-refractivity contribution in [1.82, 2.24) is 5.32 Å². The number of morpholine rings is 1. The second-order valence-electron chi connectivity index (χ2n) is 2.31. The molecular weight excluding hydrogens is 198 g/mol. The van der Waals surface area contributed by atoms with Crippen molar-refractivity contribution in [3.05, 3.63) is 0 Å². The highest BCUT2D eigenvalue weighted by Crippen LogP contribution is 1.76. The Kier molecular flexibility index (Phi) is 39.4. The van der Waals surface area contributed by atoms with Crippen molar-refractivity contribution in [2.75, 3.05) is 46.1 Å². The van der Waals surface area contributed by atoms with Crippen LogP contribution < -0.4 is 5.32 Å². The Hall–Kier alpha value is -0.200. The normalized spacial score (nSPS) is 13.2. The fourth-order valence-electron chi connectivity index (χ4n) is 0.516. The van der Waals surface area contributed by atoms with Gasteiger partial charge in [0.25, 0.3) is 0 Å². The summed E-state index contributed by atoms with van der Waals surface area (Å²) >= 11 is 0. The van der Waals surface area contributed by atoms with Crippen LogP contribution in [-0.2, 0) is 4.74 Å². The smallest absolute Gasteiger partial charge is 0.0591 e. The Bertz CT molecular complexity index is 54.2. The zero-order valence-corrected chi connectivity index (χ0v) is 10.2. The summed E-state index contributed by atoms with van der Waals surface area (Å²) in [5.41, 5.74) is 0. The maximum Gasteiger partial charge on any atom is 0.0591 e. The molecule has 0 saturated carbocycles. The van der Waals surface area contributed by atoms with Gasteiger partial charge in [0.05, 0.1) is 13.2 Å². The van der Waals surface area contributed by atoms with E-state index in [9.17, 15) is 0 Å². The first kappa shape index (κ1) is 20.2. The van der Waals surface area contributed by atoms with Crippen LogP contribution in [0.5, 0.6) is 0 Å². The average Bonchev–Trinajstić information content (AvgIpc) is 2.24. The molecule has 0 bridgehead atoms. The molecule has 5 heteroatoms. The van der Waals surface area contributed by atoms with E-state index in [2.05, 4.69) is 5.32 Å². The molecule has 0 radical (unpaired) electrons. The summed E-state index contributed by atoms with van der Waals surface area (Å²) in [6.07, 6.45) is 0. The molecule has 0 aromatic rings. The first-order chi connectivity index (χ1) is 7.24. The van der Waals surface area contributed by atoms with Gasteiger partial charge in [-0.15, -0.1) is 0 Å². The molecule has 0 aliphatic carbocycles. The lowest BCUT2D eigenvalue weighted by Gasteiger charge is -2.10. The molecule has 1 aliphatic heterocycles. The number of ether oxygens (including phenoxy) is 1. The second kappa shape index (κ2) is 29.2. The van der Waals surface area contributed by atoms with E-state index in [0.29, 0.717) is 0 Å². The Labute approximate surface area is 93.1 Å². The largest absolute Gasteiger partial charge is 0.397 e. The summed E-state index contributed by atoms with van der Waals surface area (Å²) in [4.78, 5) is 0. The molecule has 0 aromatic heterocycles. The lowest BCUT2D eigenvalue weighted by molar-refractivity contribution is 0.109. The van der Waals surface area contributed by atoms with Crippen LogP contribution in [0.3, 0.4) is 0 Å². The van der Waals surface area contributed by atoms with Gasteiger partial charge in [0.1, 0.15) is 0 Å². The van der Waals surface area contributed by atoms with Crippen LogP contribution in [0.25, 0.3) is 0 Å². The van der Waals surface area contributed by atoms with Crippen LogP contribution in [0, 0.1) is 0 Å². The van der Waals surface area contributed by atoms with Crippen LogP contribution >= 0.6 is 0 Å². The molecule has 1 fully saturated rings. The first-order valence-electron chi connectivity index (χ1n) is 5.35. The van der Waals surface area contributed by atoms with Crippen LogP contribution in [-0.4, -0.2) is 61.4 Å². The lowest BCUT2D eigenvalue weighted by Crippen LogP contribution is -2.30. The predicted molar refractivity (Wildman–Crippen MR) is 62.0 cm³/mol. The van der Waals surface area contributed by atoms with Crippen molar-refractivity contribution in [2.24, 2.45) is 0 Å². The van der Waals surface area contributed by atoms with Crippen LogP contribution in [0.2, 0.25) is 0 Å². The van der Waals surface area contributed by atoms with E-state index in [1.807, 2.05) is 0 Å². The Morgan fingerprint density at radius 1 is 0.867 bits per heavy atom. The van der Waals surface area contributed by atoms with Gasteiger partial charge in [-0.25, -0.2) is 0 Å². The highest BCUT2D eigenvalue weighted by molar-refractivity contribution is 4.49. The number of hydrogen-bond donors (Lipinski definition) is 4. The Balaban J connectivity index is -0.000000140. The van der Waals surface area contributed by atoms with E-state index < -0.39 is 0 Å². The highest BCUT2D eigenvalue weighted by atomic mass is 16.5. The third-order valence-corrected chi connectivity index (χ3v) is 0.846. The minimum atomic E-state index is 0.250. The van der Waals surface area contributed by atoms with Crippen molar-refractivity contribution >= 4 is 0 Å². The molecule has 1 aliphatic rings. The van der Waals surface area contributed by atoms with Crippen molar-refractivity contribution in [3.63, 3.8) is 0 Å². The summed E-state index contributed by atoms with van der Waals surface area (Å²) in [5, 5.41) is 25.9. The molecule has 1 heterocycles. The summed E-state index contributed by atoms with van der Waals surface area (Å²) in [6, 6.07) is 0. The summed E-state index contributed by atoms with van der Waals surface area (Å²) < 4.78 is 5.01.